The van der Waals surface area contributed by atoms with Crippen molar-refractivity contribution in [2.24, 2.45) is 0 Å². The topological polar surface area (TPSA) is 35.6 Å². The zero-order valence-electron chi connectivity index (χ0n) is 12.7. The maximum atomic E-state index is 12.9. The number of hydrogen-bond donors (Lipinski definition) is 1. The highest BCUT2D eigenvalue weighted by Crippen LogP contribution is 2.32. The van der Waals surface area contributed by atoms with Gasteiger partial charge in [0.1, 0.15) is 6.04 Å². The molecule has 1 amide bonds. The molecule has 1 aromatic rings. The van der Waals surface area contributed by atoms with Crippen molar-refractivity contribution < 1.29 is 18.0 Å². The lowest BCUT2D eigenvalue weighted by Crippen LogP contribution is -2.46. The van der Waals surface area contributed by atoms with Crippen LogP contribution in [-0.2, 0) is 4.79 Å². The van der Waals surface area contributed by atoms with Gasteiger partial charge in [0.2, 0.25) is 5.91 Å². The smallest absolute Gasteiger partial charge is 0.388 e. The number of halogens is 3. The average Bonchev–Trinajstić information content (AvgIpc) is 2.94. The summed E-state index contributed by atoms with van der Waals surface area (Å²) in [4.78, 5) is 14.9. The van der Waals surface area contributed by atoms with Crippen LogP contribution in [0.15, 0.2) is 24.3 Å². The molecule has 122 valence electrons. The second-order valence-electron chi connectivity index (χ2n) is 5.42. The van der Waals surface area contributed by atoms with E-state index in [1.165, 1.54) is 9.80 Å². The Morgan fingerprint density at radius 2 is 2.18 bits per heavy atom. The summed E-state index contributed by atoms with van der Waals surface area (Å²) >= 11 is 0. The number of nitrogens with one attached hydrogen (secondary N) is 1. The zero-order valence-corrected chi connectivity index (χ0v) is 12.7. The van der Waals surface area contributed by atoms with Crippen LogP contribution in [0.1, 0.15) is 12.8 Å². The lowest BCUT2D eigenvalue weighted by atomic mass is 10.2. The van der Waals surface area contributed by atoms with Crippen LogP contribution in [0, 0.1) is 0 Å². The number of nitrogens with zero attached hydrogens (tertiary/aromatic N) is 2. The van der Waals surface area contributed by atoms with Crippen molar-refractivity contribution in [3.05, 3.63) is 24.3 Å². The molecule has 1 aromatic carbocycles. The van der Waals surface area contributed by atoms with E-state index in [1.807, 2.05) is 6.07 Å². The van der Waals surface area contributed by atoms with Crippen molar-refractivity contribution in [2.45, 2.75) is 25.1 Å². The van der Waals surface area contributed by atoms with Crippen molar-refractivity contribution in [3.63, 3.8) is 0 Å². The lowest BCUT2D eigenvalue weighted by molar-refractivity contribution is -0.176. The van der Waals surface area contributed by atoms with Gasteiger partial charge in [-0.2, -0.15) is 13.2 Å². The number of anilines is 2. The number of likely N-dealkylation sites (tertiary alicyclic amines) is 1. The van der Waals surface area contributed by atoms with Gasteiger partial charge in [0, 0.05) is 25.5 Å². The van der Waals surface area contributed by atoms with Gasteiger partial charge in [-0.05, 0) is 37.6 Å². The predicted molar refractivity (Wildman–Crippen MR) is 80.0 cm³/mol. The third-order valence-electron chi connectivity index (χ3n) is 3.98. The summed E-state index contributed by atoms with van der Waals surface area (Å²) in [7, 11) is 3.34. The van der Waals surface area contributed by atoms with Gasteiger partial charge in [0.05, 0.1) is 6.54 Å². The molecule has 0 aromatic heterocycles. The molecule has 0 spiro atoms. The van der Waals surface area contributed by atoms with Crippen LogP contribution in [0.25, 0.3) is 0 Å². The Hall–Kier alpha value is -1.76. The van der Waals surface area contributed by atoms with Crippen LogP contribution in [-0.4, -0.2) is 50.2 Å². The number of rotatable bonds is 4. The molecular weight excluding hydrogens is 295 g/mol. The number of benzene rings is 1. The second kappa shape index (κ2) is 6.56. The molecule has 1 saturated heterocycles. The Morgan fingerprint density at radius 3 is 2.82 bits per heavy atom. The predicted octanol–water partition coefficient (Wildman–Crippen LogP) is 2.72. The quantitative estimate of drug-likeness (QED) is 0.928. The van der Waals surface area contributed by atoms with Gasteiger partial charge in [0.15, 0.2) is 0 Å². The van der Waals surface area contributed by atoms with Crippen molar-refractivity contribution in [3.8, 4) is 0 Å². The minimum absolute atomic E-state index is 0.0652. The molecule has 0 radical (unpaired) electrons. The Labute approximate surface area is 127 Å². The van der Waals surface area contributed by atoms with Crippen LogP contribution in [0.3, 0.4) is 0 Å². The van der Waals surface area contributed by atoms with Gasteiger partial charge < -0.3 is 10.2 Å². The van der Waals surface area contributed by atoms with E-state index in [2.05, 4.69) is 5.32 Å². The van der Waals surface area contributed by atoms with Crippen LogP contribution in [0.4, 0.5) is 24.5 Å². The van der Waals surface area contributed by atoms with Crippen molar-refractivity contribution in [1.29, 1.82) is 0 Å². The Morgan fingerprint density at radius 1 is 1.45 bits per heavy atom. The van der Waals surface area contributed by atoms with Crippen molar-refractivity contribution >= 4 is 17.3 Å². The van der Waals surface area contributed by atoms with E-state index in [0.717, 1.165) is 5.69 Å². The zero-order chi connectivity index (χ0) is 16.3. The SMILES string of the molecule is CNc1cccc(N(C)C(=O)CN2CCCC2C(F)(F)F)c1. The maximum Gasteiger partial charge on any atom is 0.404 e. The van der Waals surface area contributed by atoms with Crippen LogP contribution in [0.5, 0.6) is 0 Å². The molecule has 1 aliphatic heterocycles. The summed E-state index contributed by atoms with van der Waals surface area (Å²) in [6.07, 6.45) is -3.74. The maximum absolute atomic E-state index is 12.9. The molecule has 1 heterocycles. The van der Waals surface area contributed by atoms with E-state index in [4.69, 9.17) is 0 Å². The number of amides is 1. The molecule has 1 aliphatic rings. The van der Waals surface area contributed by atoms with E-state index in [1.54, 1.807) is 32.3 Å². The molecule has 1 N–H and O–H groups in total. The highest BCUT2D eigenvalue weighted by molar-refractivity contribution is 5.94. The van der Waals surface area contributed by atoms with E-state index < -0.39 is 12.2 Å². The first-order valence-corrected chi connectivity index (χ1v) is 7.18. The fourth-order valence-corrected chi connectivity index (χ4v) is 2.68. The first-order chi connectivity index (χ1) is 10.3. The molecule has 22 heavy (non-hydrogen) atoms. The summed E-state index contributed by atoms with van der Waals surface area (Å²) in [6.45, 7) is 0.0881. The Bertz CT molecular complexity index is 533. The fraction of sp³-hybridized carbons (Fsp3) is 0.533. The molecule has 1 atom stereocenters. The lowest BCUT2D eigenvalue weighted by Gasteiger charge is -2.28. The highest BCUT2D eigenvalue weighted by atomic mass is 19.4. The molecule has 1 unspecified atom stereocenters. The molecular formula is C15H20F3N3O. The normalized spacial score (nSPS) is 19.2. The number of alkyl halides is 3. The first kappa shape index (κ1) is 16.6. The van der Waals surface area contributed by atoms with E-state index in [0.29, 0.717) is 18.7 Å². The molecule has 2 rings (SSSR count). The minimum atomic E-state index is -4.28. The summed E-state index contributed by atoms with van der Waals surface area (Å²) in [5, 5.41) is 2.96. The van der Waals surface area contributed by atoms with E-state index in [-0.39, 0.29) is 18.9 Å². The summed E-state index contributed by atoms with van der Waals surface area (Å²) in [5.41, 5.74) is 1.49. The largest absolute Gasteiger partial charge is 0.404 e. The van der Waals surface area contributed by atoms with Gasteiger partial charge >= 0.3 is 6.18 Å². The highest BCUT2D eigenvalue weighted by Gasteiger charge is 2.46. The number of likely N-dealkylation sites (N-methyl/N-ethyl adjacent to an activating group) is 1. The van der Waals surface area contributed by atoms with Gasteiger partial charge in [0.25, 0.3) is 0 Å². The van der Waals surface area contributed by atoms with Gasteiger partial charge in [-0.15, -0.1) is 0 Å². The van der Waals surface area contributed by atoms with Crippen LogP contribution < -0.4 is 10.2 Å². The molecule has 0 aliphatic carbocycles. The molecule has 4 nitrogen and oxygen atoms in total. The second-order valence-corrected chi connectivity index (χ2v) is 5.42. The van der Waals surface area contributed by atoms with Gasteiger partial charge in [-0.25, -0.2) is 0 Å². The van der Waals surface area contributed by atoms with Crippen molar-refractivity contribution in [2.75, 3.05) is 37.4 Å². The Balaban J connectivity index is 2.05. The number of carbonyl (C=O) groups is 1. The van der Waals surface area contributed by atoms with E-state index >= 15 is 0 Å². The third-order valence-corrected chi connectivity index (χ3v) is 3.98. The minimum Gasteiger partial charge on any atom is -0.388 e. The first-order valence-electron chi connectivity index (χ1n) is 7.18. The number of hydrogen-bond acceptors (Lipinski definition) is 3. The van der Waals surface area contributed by atoms with Crippen LogP contribution >= 0.6 is 0 Å². The molecule has 0 bridgehead atoms. The Kier molecular flexibility index (Phi) is 4.95. The molecule has 7 heteroatoms. The van der Waals surface area contributed by atoms with E-state index in [9.17, 15) is 18.0 Å². The summed E-state index contributed by atoms with van der Waals surface area (Å²) < 4.78 is 38.7. The molecule has 0 saturated carbocycles. The van der Waals surface area contributed by atoms with Gasteiger partial charge in [-0.3, -0.25) is 9.69 Å². The number of carbonyl (C=O) groups excluding carboxylic acids is 1. The summed E-state index contributed by atoms with van der Waals surface area (Å²) in [6, 6.07) is 5.67. The monoisotopic (exact) mass is 315 g/mol. The average molecular weight is 315 g/mol. The third kappa shape index (κ3) is 3.71. The standard InChI is InChI=1S/C15H20F3N3O/c1-19-11-5-3-6-12(9-11)20(2)14(22)10-21-8-4-7-13(21)15(16,17)18/h3,5-6,9,13,19H,4,7-8,10H2,1-2H3. The molecule has 1 fully saturated rings. The fourth-order valence-electron chi connectivity index (χ4n) is 2.68. The van der Waals surface area contributed by atoms with Crippen LogP contribution in [0.2, 0.25) is 0 Å². The summed E-state index contributed by atoms with van der Waals surface area (Å²) in [5.74, 6) is -0.343. The van der Waals surface area contributed by atoms with Gasteiger partial charge in [-0.1, -0.05) is 6.07 Å². The van der Waals surface area contributed by atoms with Crippen molar-refractivity contribution in [1.82, 2.24) is 4.90 Å².